The smallest absolute Gasteiger partial charge is 0.430 e. The first-order valence-corrected chi connectivity index (χ1v) is 12.7. The monoisotopic (exact) mass is 512 g/mol. The number of sulfonamides is 1. The lowest BCUT2D eigenvalue weighted by Gasteiger charge is -2.23. The molecule has 0 N–H and O–H groups in total. The van der Waals surface area contributed by atoms with Gasteiger partial charge < -0.3 is 9.47 Å². The van der Waals surface area contributed by atoms with Gasteiger partial charge in [0.25, 0.3) is 15.9 Å². The van der Waals surface area contributed by atoms with Crippen LogP contribution in [0.2, 0.25) is 0 Å². The van der Waals surface area contributed by atoms with Crippen LogP contribution in [-0.2, 0) is 14.8 Å². The predicted octanol–water partition coefficient (Wildman–Crippen LogP) is 4.44. The van der Waals surface area contributed by atoms with Crippen LogP contribution in [0.25, 0.3) is 11.3 Å². The van der Waals surface area contributed by atoms with Gasteiger partial charge in [0, 0.05) is 23.7 Å². The quantitative estimate of drug-likeness (QED) is 0.382. The van der Waals surface area contributed by atoms with E-state index < -0.39 is 16.1 Å². The fraction of sp³-hybridized carbons (Fsp3) is 0.320. The van der Waals surface area contributed by atoms with Gasteiger partial charge in [0.05, 0.1) is 31.3 Å². The van der Waals surface area contributed by atoms with Crippen molar-refractivity contribution >= 4 is 27.7 Å². The number of methoxy groups -OCH3 is 1. The van der Waals surface area contributed by atoms with Gasteiger partial charge in [-0.1, -0.05) is 45.0 Å². The SMILES string of the molecule is CCC(=O)c1ccc(-c2ncccc2S(=O)(=O)N(C(=O)OCC(C)C)c2ncc(C)nc2OC)cc1. The van der Waals surface area contributed by atoms with E-state index in [-0.39, 0.29) is 40.6 Å². The second-order valence-corrected chi connectivity index (χ2v) is 10.0. The standard InChI is InChI=1S/C25H28N4O6S/c1-6-20(30)18-9-11-19(12-10-18)22-21(8-7-13-26-22)36(32,33)29(25(31)35-15-16(2)3)23-24(34-5)28-17(4)14-27-23/h7-14,16H,6,15H2,1-5H3. The van der Waals surface area contributed by atoms with Crippen molar-refractivity contribution in [1.29, 1.82) is 0 Å². The van der Waals surface area contributed by atoms with Gasteiger partial charge in [-0.2, -0.15) is 0 Å². The lowest BCUT2D eigenvalue weighted by molar-refractivity contribution is 0.0988. The number of nitrogens with zero attached hydrogens (tertiary/aromatic N) is 4. The highest BCUT2D eigenvalue weighted by Crippen LogP contribution is 2.33. The number of aryl methyl sites for hydroxylation is 1. The van der Waals surface area contributed by atoms with Crippen molar-refractivity contribution in [2.24, 2.45) is 5.92 Å². The Hall–Kier alpha value is -3.86. The van der Waals surface area contributed by atoms with E-state index in [0.29, 0.717) is 27.5 Å². The number of aromatic nitrogens is 3. The highest BCUT2D eigenvalue weighted by atomic mass is 32.2. The molecule has 0 atom stereocenters. The average molecular weight is 513 g/mol. The van der Waals surface area contributed by atoms with Crippen molar-refractivity contribution in [3.8, 4) is 17.1 Å². The third-order valence-corrected chi connectivity index (χ3v) is 6.71. The Morgan fingerprint density at radius 3 is 2.39 bits per heavy atom. The van der Waals surface area contributed by atoms with Crippen molar-refractivity contribution in [2.45, 2.75) is 39.0 Å². The first-order chi connectivity index (χ1) is 17.1. The minimum absolute atomic E-state index is 0.0146. The first-order valence-electron chi connectivity index (χ1n) is 11.3. The molecule has 0 saturated heterocycles. The van der Waals surface area contributed by atoms with E-state index in [9.17, 15) is 18.0 Å². The molecule has 0 fully saturated rings. The van der Waals surface area contributed by atoms with E-state index in [1.54, 1.807) is 38.1 Å². The van der Waals surface area contributed by atoms with Crippen molar-refractivity contribution < 1.29 is 27.5 Å². The molecule has 0 aliphatic heterocycles. The fourth-order valence-electron chi connectivity index (χ4n) is 3.25. The van der Waals surface area contributed by atoms with Gasteiger partial charge in [-0.15, -0.1) is 4.31 Å². The second kappa shape index (κ2) is 11.3. The summed E-state index contributed by atoms with van der Waals surface area (Å²) in [6.45, 7) is 7.05. The molecule has 36 heavy (non-hydrogen) atoms. The zero-order valence-corrected chi connectivity index (χ0v) is 21.6. The van der Waals surface area contributed by atoms with Gasteiger partial charge in [-0.05, 0) is 25.0 Å². The Balaban J connectivity index is 2.18. The van der Waals surface area contributed by atoms with E-state index in [1.165, 1.54) is 31.6 Å². The number of anilines is 1. The molecule has 10 nitrogen and oxygen atoms in total. The number of rotatable bonds is 9. The molecule has 3 rings (SSSR count). The zero-order chi connectivity index (χ0) is 26.5. The summed E-state index contributed by atoms with van der Waals surface area (Å²) in [5.74, 6) is -0.578. The van der Waals surface area contributed by atoms with Crippen LogP contribution in [0.4, 0.5) is 10.6 Å². The van der Waals surface area contributed by atoms with Crippen molar-refractivity contribution in [3.63, 3.8) is 0 Å². The van der Waals surface area contributed by atoms with Gasteiger partial charge in [-0.3, -0.25) is 9.78 Å². The lowest BCUT2D eigenvalue weighted by atomic mass is 10.0. The van der Waals surface area contributed by atoms with Crippen LogP contribution in [0.15, 0.2) is 53.7 Å². The third-order valence-electron chi connectivity index (χ3n) is 5.02. The molecule has 0 radical (unpaired) electrons. The van der Waals surface area contributed by atoms with Crippen LogP contribution < -0.4 is 9.04 Å². The number of amides is 1. The summed E-state index contributed by atoms with van der Waals surface area (Å²) in [5, 5.41) is 0. The summed E-state index contributed by atoms with van der Waals surface area (Å²) in [5.41, 5.74) is 1.50. The van der Waals surface area contributed by atoms with Crippen molar-refractivity contribution in [1.82, 2.24) is 15.0 Å². The van der Waals surface area contributed by atoms with Gasteiger partial charge in [-0.25, -0.2) is 23.2 Å². The topological polar surface area (TPSA) is 129 Å². The normalized spacial score (nSPS) is 11.3. The van der Waals surface area contributed by atoms with Crippen molar-refractivity contribution in [2.75, 3.05) is 18.0 Å². The van der Waals surface area contributed by atoms with Gasteiger partial charge in [0.15, 0.2) is 5.78 Å². The third kappa shape index (κ3) is 5.68. The zero-order valence-electron chi connectivity index (χ0n) is 20.8. The Bertz CT molecular complexity index is 1360. The number of hydrogen-bond acceptors (Lipinski definition) is 9. The number of pyridine rings is 1. The Morgan fingerprint density at radius 2 is 1.78 bits per heavy atom. The van der Waals surface area contributed by atoms with E-state index >= 15 is 0 Å². The highest BCUT2D eigenvalue weighted by Gasteiger charge is 2.38. The fourth-order valence-corrected chi connectivity index (χ4v) is 4.72. The predicted molar refractivity (Wildman–Crippen MR) is 133 cm³/mol. The summed E-state index contributed by atoms with van der Waals surface area (Å²) in [7, 11) is -3.31. The Labute approximate surface area is 210 Å². The van der Waals surface area contributed by atoms with E-state index in [0.717, 1.165) is 0 Å². The molecule has 0 unspecified atom stereocenters. The molecule has 0 spiro atoms. The van der Waals surface area contributed by atoms with Gasteiger partial charge in [0.1, 0.15) is 4.90 Å². The Morgan fingerprint density at radius 1 is 1.08 bits per heavy atom. The molecular formula is C25H28N4O6S. The van der Waals surface area contributed by atoms with Crippen LogP contribution in [0, 0.1) is 12.8 Å². The molecule has 3 aromatic rings. The molecule has 2 aromatic heterocycles. The molecule has 2 heterocycles. The molecule has 0 bridgehead atoms. The van der Waals surface area contributed by atoms with Gasteiger partial charge in [0.2, 0.25) is 5.82 Å². The molecule has 1 amide bonds. The number of benzene rings is 1. The van der Waals surface area contributed by atoms with Crippen LogP contribution in [0.1, 0.15) is 43.2 Å². The summed E-state index contributed by atoms with van der Waals surface area (Å²) >= 11 is 0. The maximum absolute atomic E-state index is 14.0. The highest BCUT2D eigenvalue weighted by molar-refractivity contribution is 7.93. The first kappa shape index (κ1) is 26.7. The Kier molecular flexibility index (Phi) is 8.36. The summed E-state index contributed by atoms with van der Waals surface area (Å²) < 4.78 is 39.0. The maximum Gasteiger partial charge on any atom is 0.430 e. The minimum atomic E-state index is -4.61. The van der Waals surface area contributed by atoms with Crippen LogP contribution in [0.3, 0.4) is 0 Å². The molecule has 1 aromatic carbocycles. The minimum Gasteiger partial charge on any atom is -0.478 e. The summed E-state index contributed by atoms with van der Waals surface area (Å²) in [6, 6.07) is 9.21. The molecule has 190 valence electrons. The number of carbonyl (C=O) groups excluding carboxylic acids is 2. The number of hydrogen-bond donors (Lipinski definition) is 0. The molecule has 0 saturated carbocycles. The molecule has 0 aliphatic carbocycles. The molecular weight excluding hydrogens is 484 g/mol. The van der Waals surface area contributed by atoms with E-state index in [1.807, 2.05) is 13.8 Å². The number of carbonyl (C=O) groups is 2. The summed E-state index contributed by atoms with van der Waals surface area (Å²) in [4.78, 5) is 37.5. The largest absolute Gasteiger partial charge is 0.478 e. The maximum atomic E-state index is 14.0. The lowest BCUT2D eigenvalue weighted by Crippen LogP contribution is -2.39. The average Bonchev–Trinajstić information content (AvgIpc) is 2.87. The summed E-state index contributed by atoms with van der Waals surface area (Å²) in [6.07, 6.45) is 1.95. The van der Waals surface area contributed by atoms with E-state index in [4.69, 9.17) is 9.47 Å². The second-order valence-electron chi connectivity index (χ2n) is 8.29. The number of ether oxygens (including phenoxy) is 2. The van der Waals surface area contributed by atoms with E-state index in [2.05, 4.69) is 15.0 Å². The number of ketones is 1. The molecule has 11 heteroatoms. The van der Waals surface area contributed by atoms with Gasteiger partial charge >= 0.3 is 6.09 Å². The number of Topliss-reactive ketones (excluding diaryl/α,β-unsaturated/α-hetero) is 1. The van der Waals surface area contributed by atoms with Crippen LogP contribution >= 0.6 is 0 Å². The molecule has 0 aliphatic rings. The van der Waals surface area contributed by atoms with Crippen LogP contribution in [0.5, 0.6) is 5.88 Å². The van der Waals surface area contributed by atoms with Crippen molar-refractivity contribution in [3.05, 3.63) is 60.0 Å². The van der Waals surface area contributed by atoms with Crippen LogP contribution in [-0.4, -0.2) is 49.0 Å².